The molecule has 0 aliphatic rings. The predicted octanol–water partition coefficient (Wildman–Crippen LogP) is 1.30. The van der Waals surface area contributed by atoms with E-state index in [9.17, 15) is 4.79 Å². The molecule has 0 saturated carbocycles. The van der Waals surface area contributed by atoms with Crippen LogP contribution >= 0.6 is 12.6 Å². The molecule has 0 aliphatic carbocycles. The number of carbonyl (C=O) groups is 1. The summed E-state index contributed by atoms with van der Waals surface area (Å²) in [4.78, 5) is 10.3. The third kappa shape index (κ3) is 8.20. The molecule has 0 unspecified atom stereocenters. The Bertz CT molecular complexity index is 106. The molecule has 0 aliphatic heterocycles. The molecule has 0 aromatic heterocycles. The van der Waals surface area contributed by atoms with Crippen LogP contribution in [0.4, 0.5) is 0 Å². The highest BCUT2D eigenvalue weighted by atomic mass is 32.1. The van der Waals surface area contributed by atoms with Crippen molar-refractivity contribution in [2.24, 2.45) is 0 Å². The van der Waals surface area contributed by atoms with Crippen molar-refractivity contribution in [3.05, 3.63) is 0 Å². The molecule has 0 rings (SSSR count). The smallest absolute Gasteiger partial charge is 0.230 e. The van der Waals surface area contributed by atoms with E-state index in [1.165, 1.54) is 0 Å². The van der Waals surface area contributed by atoms with Crippen molar-refractivity contribution in [2.45, 2.75) is 32.4 Å². The van der Waals surface area contributed by atoms with Gasteiger partial charge in [0.05, 0.1) is 0 Å². The van der Waals surface area contributed by atoms with Crippen LogP contribution in [-0.2, 0) is 9.22 Å². The lowest BCUT2D eigenvalue weighted by Crippen LogP contribution is -2.07. The molecule has 4 heteroatoms. The molecule has 0 heterocycles. The summed E-state index contributed by atoms with van der Waals surface area (Å²) in [6, 6.07) is 0.806. The molecule has 0 N–H and O–H groups in total. The zero-order valence-corrected chi connectivity index (χ0v) is 8.15. The summed E-state index contributed by atoms with van der Waals surface area (Å²) in [6.07, 6.45) is 0.794. The Morgan fingerprint density at radius 1 is 1.70 bits per heavy atom. The first-order chi connectivity index (χ1) is 4.63. The number of thiol groups is 1. The van der Waals surface area contributed by atoms with Gasteiger partial charge in [-0.15, -0.1) is 12.6 Å². The third-order valence-electron chi connectivity index (χ3n) is 0.760. The Hall–Kier alpha value is 0.197. The summed E-state index contributed by atoms with van der Waals surface area (Å²) in [5.41, 5.74) is 0. The lowest BCUT2D eigenvalue weighted by molar-refractivity contribution is -0.110. The summed E-state index contributed by atoms with van der Waals surface area (Å²) < 4.78 is 5.23. The van der Waals surface area contributed by atoms with E-state index in [1.54, 1.807) is 0 Å². The molecular weight excluding hydrogens is 164 g/mol. The molecule has 0 aromatic rings. The Labute approximate surface area is 69.7 Å². The summed E-state index contributed by atoms with van der Waals surface area (Å²) in [5, 5.41) is -0.0557. The Morgan fingerprint density at radius 2 is 2.30 bits per heavy atom. The molecule has 0 fully saturated rings. The maximum atomic E-state index is 10.3. The fourth-order valence-electron chi connectivity index (χ4n) is 0.384. The van der Waals surface area contributed by atoms with Crippen molar-refractivity contribution >= 4 is 27.5 Å². The van der Waals surface area contributed by atoms with E-state index in [0.29, 0.717) is 16.2 Å². The van der Waals surface area contributed by atoms with Gasteiger partial charge in [0, 0.05) is 12.5 Å². The Balaban J connectivity index is 2.98. The molecule has 0 bridgehead atoms. The van der Waals surface area contributed by atoms with Crippen molar-refractivity contribution < 1.29 is 9.22 Å². The highest BCUT2D eigenvalue weighted by Gasteiger charge is 1.97. The van der Waals surface area contributed by atoms with Crippen LogP contribution in [0.5, 0.6) is 0 Å². The molecule has 2 nitrogen and oxygen atoms in total. The molecule has 0 spiro atoms. The molecule has 0 saturated heterocycles. The van der Waals surface area contributed by atoms with Gasteiger partial charge in [-0.1, -0.05) is 0 Å². The van der Waals surface area contributed by atoms with E-state index in [1.807, 2.05) is 13.8 Å². The number of rotatable bonds is 5. The quantitative estimate of drug-likeness (QED) is 0.388. The van der Waals surface area contributed by atoms with Gasteiger partial charge in [-0.3, -0.25) is 4.79 Å². The molecule has 0 atom stereocenters. The molecule has 10 heavy (non-hydrogen) atoms. The third-order valence-corrected chi connectivity index (χ3v) is 2.08. The van der Waals surface area contributed by atoms with Crippen LogP contribution in [0.3, 0.4) is 0 Å². The fraction of sp³-hybridized carbons (Fsp3) is 0.833. The van der Waals surface area contributed by atoms with E-state index in [-0.39, 0.29) is 11.2 Å². The largest absolute Gasteiger partial charge is 0.415 e. The number of hydrogen-bond acceptors (Lipinski definition) is 2. The molecular formula is C6H12O2SSi. The van der Waals surface area contributed by atoms with Crippen LogP contribution in [0.2, 0.25) is 6.04 Å². The van der Waals surface area contributed by atoms with Gasteiger partial charge in [0.15, 0.2) is 5.12 Å². The van der Waals surface area contributed by atoms with Crippen LogP contribution in [0, 0.1) is 0 Å². The van der Waals surface area contributed by atoms with Gasteiger partial charge in [-0.25, -0.2) is 0 Å². The van der Waals surface area contributed by atoms with Crippen molar-refractivity contribution in [3.8, 4) is 0 Å². The van der Waals surface area contributed by atoms with Gasteiger partial charge in [0.25, 0.3) is 0 Å². The van der Waals surface area contributed by atoms with Crippen LogP contribution < -0.4 is 0 Å². The van der Waals surface area contributed by atoms with Crippen molar-refractivity contribution in [2.75, 3.05) is 0 Å². The number of hydrogen-bond donors (Lipinski definition) is 1. The first-order valence-corrected chi connectivity index (χ1v) is 4.79. The molecule has 0 amide bonds. The van der Waals surface area contributed by atoms with Crippen LogP contribution in [-0.4, -0.2) is 21.0 Å². The average Bonchev–Trinajstić information content (AvgIpc) is 1.79. The lowest BCUT2D eigenvalue weighted by atomic mass is 10.5. The van der Waals surface area contributed by atoms with E-state index < -0.39 is 0 Å². The second-order valence-electron chi connectivity index (χ2n) is 2.20. The van der Waals surface area contributed by atoms with E-state index in [4.69, 9.17) is 4.43 Å². The standard InChI is InChI=1S/C6H12O2SSi/c1-5(2)8-10-4-3-6(7)9/h5H,3-4H2,1-2H3,(H,7,9). The normalized spacial score (nSPS) is 10.4. The van der Waals surface area contributed by atoms with Gasteiger partial charge in [0.1, 0.15) is 0 Å². The van der Waals surface area contributed by atoms with Gasteiger partial charge < -0.3 is 4.43 Å². The van der Waals surface area contributed by atoms with E-state index in [2.05, 4.69) is 12.6 Å². The minimum Gasteiger partial charge on any atom is -0.415 e. The summed E-state index contributed by atoms with van der Waals surface area (Å²) in [5.74, 6) is 0. The van der Waals surface area contributed by atoms with Gasteiger partial charge in [-0.2, -0.15) is 0 Å². The average molecular weight is 176 g/mol. The monoisotopic (exact) mass is 176 g/mol. The van der Waals surface area contributed by atoms with Crippen molar-refractivity contribution in [3.63, 3.8) is 0 Å². The Morgan fingerprint density at radius 3 is 2.70 bits per heavy atom. The van der Waals surface area contributed by atoms with E-state index >= 15 is 0 Å². The van der Waals surface area contributed by atoms with E-state index in [0.717, 1.165) is 6.04 Å². The Kier molecular flexibility index (Phi) is 6.06. The zero-order chi connectivity index (χ0) is 7.98. The topological polar surface area (TPSA) is 26.3 Å². The highest BCUT2D eigenvalue weighted by molar-refractivity contribution is 7.96. The van der Waals surface area contributed by atoms with Crippen LogP contribution in [0.25, 0.3) is 0 Å². The predicted molar refractivity (Wildman–Crippen MR) is 45.4 cm³/mol. The summed E-state index contributed by atoms with van der Waals surface area (Å²) in [6.45, 7) is 3.96. The first-order valence-electron chi connectivity index (χ1n) is 3.23. The summed E-state index contributed by atoms with van der Waals surface area (Å²) >= 11 is 3.63. The first kappa shape index (κ1) is 10.2. The molecule has 2 radical (unpaired) electrons. The van der Waals surface area contributed by atoms with Crippen LogP contribution in [0.15, 0.2) is 0 Å². The van der Waals surface area contributed by atoms with Gasteiger partial charge in [0.2, 0.25) is 9.76 Å². The fourth-order valence-corrected chi connectivity index (χ4v) is 1.49. The lowest BCUT2D eigenvalue weighted by Gasteiger charge is -2.03. The highest BCUT2D eigenvalue weighted by Crippen LogP contribution is 1.96. The molecule has 58 valence electrons. The maximum absolute atomic E-state index is 10.3. The minimum absolute atomic E-state index is 0.0557. The second kappa shape index (κ2) is 5.94. The van der Waals surface area contributed by atoms with Crippen molar-refractivity contribution in [1.29, 1.82) is 0 Å². The minimum atomic E-state index is -0.0557. The zero-order valence-electron chi connectivity index (χ0n) is 6.26. The number of carbonyl (C=O) groups excluding carboxylic acids is 1. The van der Waals surface area contributed by atoms with Gasteiger partial charge >= 0.3 is 0 Å². The van der Waals surface area contributed by atoms with Crippen molar-refractivity contribution in [1.82, 2.24) is 0 Å². The van der Waals surface area contributed by atoms with Gasteiger partial charge in [-0.05, 0) is 19.9 Å². The molecule has 0 aromatic carbocycles. The SMILES string of the molecule is CC(C)O[Si]CCC(=O)S. The van der Waals surface area contributed by atoms with Crippen LogP contribution in [0.1, 0.15) is 20.3 Å². The maximum Gasteiger partial charge on any atom is 0.230 e. The second-order valence-corrected chi connectivity index (χ2v) is 3.73. The summed E-state index contributed by atoms with van der Waals surface area (Å²) in [7, 11) is 0.436.